The summed E-state index contributed by atoms with van der Waals surface area (Å²) in [5.41, 5.74) is 1.09. The van der Waals surface area contributed by atoms with Gasteiger partial charge in [0.15, 0.2) is 17.0 Å². The van der Waals surface area contributed by atoms with E-state index in [9.17, 15) is 18.3 Å². The minimum Gasteiger partial charge on any atom is -0.396 e. The molecule has 2 N–H and O–H groups in total. The van der Waals surface area contributed by atoms with Crippen LogP contribution in [0, 0.1) is 5.92 Å². The van der Waals surface area contributed by atoms with E-state index in [1.807, 2.05) is 18.4 Å². The zero-order valence-corrected chi connectivity index (χ0v) is 18.1. The lowest BCUT2D eigenvalue weighted by Gasteiger charge is -2.31. The van der Waals surface area contributed by atoms with E-state index in [1.54, 1.807) is 12.4 Å². The van der Waals surface area contributed by atoms with E-state index in [-0.39, 0.29) is 25.1 Å². The third kappa shape index (κ3) is 4.64. The second-order valence-corrected chi connectivity index (χ2v) is 8.45. The van der Waals surface area contributed by atoms with E-state index in [4.69, 9.17) is 4.98 Å². The lowest BCUT2D eigenvalue weighted by Crippen LogP contribution is -2.36. The fraction of sp³-hybridized carbons (Fsp3) is 0.500. The number of nitrogens with one attached hydrogen (secondary N) is 1. The Morgan fingerprint density at radius 3 is 2.59 bits per heavy atom. The monoisotopic (exact) mass is 448 g/mol. The van der Waals surface area contributed by atoms with Crippen LogP contribution >= 0.6 is 0 Å². The van der Waals surface area contributed by atoms with Crippen molar-refractivity contribution in [1.82, 2.24) is 19.5 Å². The molecule has 4 rings (SSSR count). The molecule has 3 heterocycles. The molecular formula is C22H27F3N6O. The first-order valence-corrected chi connectivity index (χ1v) is 10.8. The van der Waals surface area contributed by atoms with E-state index in [1.165, 1.54) is 6.07 Å². The summed E-state index contributed by atoms with van der Waals surface area (Å²) < 4.78 is 41.1. The van der Waals surface area contributed by atoms with Gasteiger partial charge in [-0.25, -0.2) is 4.98 Å². The predicted octanol–water partition coefficient (Wildman–Crippen LogP) is 4.25. The number of halogens is 3. The van der Waals surface area contributed by atoms with Crippen LogP contribution in [0.3, 0.4) is 0 Å². The molecule has 0 bridgehead atoms. The van der Waals surface area contributed by atoms with Crippen LogP contribution in [0.5, 0.6) is 0 Å². The predicted molar refractivity (Wildman–Crippen MR) is 117 cm³/mol. The van der Waals surface area contributed by atoms with Crippen LogP contribution in [0.25, 0.3) is 11.2 Å². The maximum atomic E-state index is 13.1. The first kappa shape index (κ1) is 22.3. The Balaban J connectivity index is 1.64. The van der Waals surface area contributed by atoms with Crippen molar-refractivity contribution in [3.8, 4) is 0 Å². The molecule has 0 amide bonds. The summed E-state index contributed by atoms with van der Waals surface area (Å²) in [5, 5.41) is 12.6. The van der Waals surface area contributed by atoms with Crippen LogP contribution in [0.2, 0.25) is 0 Å². The second kappa shape index (κ2) is 8.93. The third-order valence-electron chi connectivity index (χ3n) is 5.84. The SMILES string of the molecule is CC(C)n1cnc2c(NCc3cccc(C(F)(F)F)c3)nc(N3CCC(CO)CC3)nc21. The number of aromatic nitrogens is 4. The molecule has 1 aliphatic heterocycles. The van der Waals surface area contributed by atoms with Crippen LogP contribution < -0.4 is 10.2 Å². The number of rotatable bonds is 6. The number of anilines is 2. The molecule has 1 saturated heterocycles. The van der Waals surface area contributed by atoms with Crippen LogP contribution in [-0.4, -0.2) is 44.3 Å². The number of alkyl halides is 3. The average molecular weight is 448 g/mol. The fourth-order valence-electron chi connectivity index (χ4n) is 3.91. The van der Waals surface area contributed by atoms with Crippen LogP contribution in [0.4, 0.5) is 24.9 Å². The lowest BCUT2D eigenvalue weighted by atomic mass is 9.98. The van der Waals surface area contributed by atoms with Gasteiger partial charge in [0.1, 0.15) is 0 Å². The first-order chi connectivity index (χ1) is 15.3. The maximum Gasteiger partial charge on any atom is 0.416 e. The van der Waals surface area contributed by atoms with Gasteiger partial charge in [0.2, 0.25) is 5.95 Å². The largest absolute Gasteiger partial charge is 0.416 e. The molecule has 0 unspecified atom stereocenters. The molecule has 32 heavy (non-hydrogen) atoms. The highest BCUT2D eigenvalue weighted by Crippen LogP contribution is 2.30. The Morgan fingerprint density at radius 2 is 1.94 bits per heavy atom. The molecule has 0 saturated carbocycles. The third-order valence-corrected chi connectivity index (χ3v) is 5.84. The molecule has 10 heteroatoms. The number of nitrogens with zero attached hydrogens (tertiary/aromatic N) is 5. The summed E-state index contributed by atoms with van der Waals surface area (Å²) in [6, 6.07) is 5.39. The standard InChI is InChI=1S/C22H27F3N6O/c1-14(2)31-13-27-18-19(26-11-16-4-3-5-17(10-16)22(23,24)25)28-21(29-20(18)31)30-8-6-15(12-32)7-9-30/h3-5,10,13-15,32H,6-9,11-12H2,1-2H3,(H,26,28,29). The Bertz CT molecular complexity index is 1070. The molecule has 0 radical (unpaired) electrons. The summed E-state index contributed by atoms with van der Waals surface area (Å²) >= 11 is 0. The van der Waals surface area contributed by atoms with Crippen molar-refractivity contribution in [1.29, 1.82) is 0 Å². The molecule has 1 fully saturated rings. The Kier molecular flexibility index (Phi) is 6.23. The molecule has 1 aromatic carbocycles. The average Bonchev–Trinajstić information content (AvgIpc) is 3.21. The Labute approximate surface area is 184 Å². The second-order valence-electron chi connectivity index (χ2n) is 8.45. The highest BCUT2D eigenvalue weighted by Gasteiger charge is 2.30. The van der Waals surface area contributed by atoms with Crippen molar-refractivity contribution in [2.75, 3.05) is 29.9 Å². The van der Waals surface area contributed by atoms with Crippen LogP contribution in [0.15, 0.2) is 30.6 Å². The van der Waals surface area contributed by atoms with Crippen molar-refractivity contribution in [3.63, 3.8) is 0 Å². The molecular weight excluding hydrogens is 421 g/mol. The molecule has 7 nitrogen and oxygen atoms in total. The van der Waals surface area contributed by atoms with Gasteiger partial charge >= 0.3 is 6.18 Å². The van der Waals surface area contributed by atoms with Gasteiger partial charge in [0.25, 0.3) is 0 Å². The van der Waals surface area contributed by atoms with Gasteiger partial charge in [-0.05, 0) is 50.3 Å². The molecule has 0 atom stereocenters. The van der Waals surface area contributed by atoms with E-state index >= 15 is 0 Å². The first-order valence-electron chi connectivity index (χ1n) is 10.8. The van der Waals surface area contributed by atoms with Gasteiger partial charge in [-0.3, -0.25) is 0 Å². The van der Waals surface area contributed by atoms with Gasteiger partial charge in [-0.15, -0.1) is 0 Å². The summed E-state index contributed by atoms with van der Waals surface area (Å²) in [5.74, 6) is 1.34. The zero-order chi connectivity index (χ0) is 22.9. The van der Waals surface area contributed by atoms with Crippen molar-refractivity contribution in [2.24, 2.45) is 5.92 Å². The number of aliphatic hydroxyl groups excluding tert-OH is 1. The highest BCUT2D eigenvalue weighted by atomic mass is 19.4. The number of benzene rings is 1. The highest BCUT2D eigenvalue weighted by molar-refractivity contribution is 5.84. The normalized spacial score (nSPS) is 15.7. The van der Waals surface area contributed by atoms with Crippen molar-refractivity contribution >= 4 is 22.9 Å². The number of aliphatic hydroxyl groups is 1. The van der Waals surface area contributed by atoms with Crippen molar-refractivity contribution in [2.45, 2.75) is 45.5 Å². The Hall–Kier alpha value is -2.88. The number of hydrogen-bond donors (Lipinski definition) is 2. The number of hydrogen-bond acceptors (Lipinski definition) is 6. The summed E-state index contributed by atoms with van der Waals surface area (Å²) in [7, 11) is 0. The minimum atomic E-state index is -4.39. The minimum absolute atomic E-state index is 0.138. The smallest absolute Gasteiger partial charge is 0.396 e. The number of fused-ring (bicyclic) bond motifs is 1. The van der Waals surface area contributed by atoms with Gasteiger partial charge in [-0.2, -0.15) is 23.1 Å². The molecule has 3 aromatic rings. The zero-order valence-electron chi connectivity index (χ0n) is 18.1. The van der Waals surface area contributed by atoms with Gasteiger partial charge in [0, 0.05) is 32.3 Å². The summed E-state index contributed by atoms with van der Waals surface area (Å²) in [4.78, 5) is 16.0. The molecule has 1 aliphatic rings. The van der Waals surface area contributed by atoms with E-state index in [0.29, 0.717) is 28.5 Å². The van der Waals surface area contributed by atoms with Crippen LogP contribution in [0.1, 0.15) is 43.9 Å². The van der Waals surface area contributed by atoms with Crippen molar-refractivity contribution < 1.29 is 18.3 Å². The summed E-state index contributed by atoms with van der Waals surface area (Å²) in [6.45, 7) is 5.89. The fourth-order valence-corrected chi connectivity index (χ4v) is 3.91. The van der Waals surface area contributed by atoms with Gasteiger partial charge in [-0.1, -0.05) is 12.1 Å². The van der Waals surface area contributed by atoms with Crippen molar-refractivity contribution in [3.05, 3.63) is 41.7 Å². The lowest BCUT2D eigenvalue weighted by molar-refractivity contribution is -0.137. The van der Waals surface area contributed by atoms with Gasteiger partial charge in [0.05, 0.1) is 11.9 Å². The number of piperidine rings is 1. The summed E-state index contributed by atoms with van der Waals surface area (Å²) in [6.07, 6.45) is -0.966. The molecule has 2 aromatic heterocycles. The molecule has 0 aliphatic carbocycles. The van der Waals surface area contributed by atoms with E-state index < -0.39 is 11.7 Å². The Morgan fingerprint density at radius 1 is 1.19 bits per heavy atom. The van der Waals surface area contributed by atoms with Gasteiger partial charge < -0.3 is 19.9 Å². The molecule has 0 spiro atoms. The number of imidazole rings is 1. The van der Waals surface area contributed by atoms with Crippen LogP contribution in [-0.2, 0) is 12.7 Å². The quantitative estimate of drug-likeness (QED) is 0.587. The van der Waals surface area contributed by atoms with E-state index in [0.717, 1.165) is 38.1 Å². The van der Waals surface area contributed by atoms with E-state index in [2.05, 4.69) is 20.2 Å². The topological polar surface area (TPSA) is 79.1 Å². The maximum absolute atomic E-state index is 13.1. The molecule has 172 valence electrons.